The number of carbonyl (C=O) groups is 2. The van der Waals surface area contributed by atoms with Crippen molar-refractivity contribution in [2.24, 2.45) is 11.7 Å². The smallest absolute Gasteiger partial charge is 0.242 e. The average Bonchev–Trinajstić information content (AvgIpc) is 2.87. The van der Waals surface area contributed by atoms with E-state index in [9.17, 15) is 22.8 Å². The normalized spacial score (nSPS) is 25.4. The molecule has 2 saturated heterocycles. The van der Waals surface area contributed by atoms with Crippen molar-refractivity contribution < 1.29 is 22.8 Å². The molecule has 1 aromatic carbocycles. The van der Waals surface area contributed by atoms with Gasteiger partial charge in [-0.2, -0.15) is 0 Å². The molecule has 5 nitrogen and oxygen atoms in total. The van der Waals surface area contributed by atoms with Crippen LogP contribution in [0.3, 0.4) is 0 Å². The molecule has 2 heterocycles. The number of piperidine rings is 1. The lowest BCUT2D eigenvalue weighted by molar-refractivity contribution is -0.137. The minimum Gasteiger partial charge on any atom is -0.347 e. The Balaban J connectivity index is 1.63. The van der Waals surface area contributed by atoms with Crippen molar-refractivity contribution in [3.8, 4) is 0 Å². The van der Waals surface area contributed by atoms with Crippen molar-refractivity contribution in [3.05, 3.63) is 35.1 Å². The molecule has 3 N–H and O–H groups in total. The summed E-state index contributed by atoms with van der Waals surface area (Å²) in [5, 5.41) is 2.53. The van der Waals surface area contributed by atoms with E-state index in [4.69, 9.17) is 5.73 Å². The molecule has 0 radical (unpaired) electrons. The molecular weight excluding hydrogens is 359 g/mol. The molecule has 148 valence electrons. The van der Waals surface area contributed by atoms with E-state index in [2.05, 4.69) is 5.32 Å². The first kappa shape index (κ1) is 19.7. The lowest BCUT2D eigenvalue weighted by atomic mass is 9.82. The monoisotopic (exact) mass is 383 g/mol. The van der Waals surface area contributed by atoms with Gasteiger partial charge in [-0.25, -0.2) is 13.2 Å². The summed E-state index contributed by atoms with van der Waals surface area (Å²) in [5.74, 6) is -3.38. The van der Waals surface area contributed by atoms with Gasteiger partial charge < -0.3 is 16.0 Å². The Labute approximate surface area is 156 Å². The third kappa shape index (κ3) is 4.26. The van der Waals surface area contributed by atoms with Crippen LogP contribution in [0.4, 0.5) is 13.2 Å². The fourth-order valence-corrected chi connectivity index (χ4v) is 4.41. The highest BCUT2D eigenvalue weighted by Gasteiger charge is 2.44. The number of fused-ring (bicyclic) bond motifs is 2. The summed E-state index contributed by atoms with van der Waals surface area (Å²) in [6, 6.07) is 1.11. The highest BCUT2D eigenvalue weighted by atomic mass is 19.2. The zero-order chi connectivity index (χ0) is 19.7. The molecule has 0 aliphatic carbocycles. The first-order valence-corrected chi connectivity index (χ1v) is 9.20. The van der Waals surface area contributed by atoms with Crippen molar-refractivity contribution in [3.63, 3.8) is 0 Å². The zero-order valence-electron chi connectivity index (χ0n) is 15.2. The zero-order valence-corrected chi connectivity index (χ0v) is 15.2. The van der Waals surface area contributed by atoms with Crippen molar-refractivity contribution in [2.45, 2.75) is 57.2 Å². The van der Waals surface area contributed by atoms with Crippen molar-refractivity contribution >= 4 is 11.8 Å². The van der Waals surface area contributed by atoms with E-state index >= 15 is 0 Å². The molecule has 27 heavy (non-hydrogen) atoms. The number of hydrogen-bond acceptors (Lipinski definition) is 3. The van der Waals surface area contributed by atoms with Gasteiger partial charge in [0.05, 0.1) is 6.54 Å². The molecule has 2 aliphatic rings. The maximum atomic E-state index is 13.9. The van der Waals surface area contributed by atoms with Crippen molar-refractivity contribution in [1.29, 1.82) is 0 Å². The predicted molar refractivity (Wildman–Crippen MR) is 93.1 cm³/mol. The Bertz CT molecular complexity index is 729. The van der Waals surface area contributed by atoms with E-state index < -0.39 is 23.5 Å². The molecule has 0 aromatic heterocycles. The van der Waals surface area contributed by atoms with Crippen LogP contribution in [0, 0.1) is 23.4 Å². The van der Waals surface area contributed by atoms with E-state index in [1.807, 2.05) is 4.90 Å². The van der Waals surface area contributed by atoms with Crippen LogP contribution in [0.1, 0.15) is 38.2 Å². The Hall–Kier alpha value is -2.09. The van der Waals surface area contributed by atoms with E-state index in [0.29, 0.717) is 18.9 Å². The summed E-state index contributed by atoms with van der Waals surface area (Å²) >= 11 is 0. The summed E-state index contributed by atoms with van der Waals surface area (Å²) in [5.41, 5.74) is 6.33. The number of nitrogens with zero attached hydrogens (tertiary/aromatic N) is 1. The number of carbonyl (C=O) groups excluding carboxylic acids is 2. The van der Waals surface area contributed by atoms with Gasteiger partial charge in [0.25, 0.3) is 0 Å². The minimum absolute atomic E-state index is 0.0148. The molecule has 0 unspecified atom stereocenters. The lowest BCUT2D eigenvalue weighted by Crippen LogP contribution is -2.52. The molecule has 0 spiro atoms. The number of hydrogen-bond donors (Lipinski definition) is 2. The molecule has 2 fully saturated rings. The molecule has 2 amide bonds. The highest BCUT2D eigenvalue weighted by molar-refractivity contribution is 5.84. The molecule has 3 rings (SSSR count). The van der Waals surface area contributed by atoms with Crippen LogP contribution >= 0.6 is 0 Å². The molecule has 1 aromatic rings. The van der Waals surface area contributed by atoms with E-state index in [1.54, 1.807) is 0 Å². The van der Waals surface area contributed by atoms with E-state index in [-0.39, 0.29) is 48.3 Å². The fourth-order valence-electron chi connectivity index (χ4n) is 4.41. The third-order valence-corrected chi connectivity index (χ3v) is 5.70. The largest absolute Gasteiger partial charge is 0.347 e. The summed E-state index contributed by atoms with van der Waals surface area (Å²) in [7, 11) is 0. The first-order chi connectivity index (χ1) is 12.8. The van der Waals surface area contributed by atoms with Crippen molar-refractivity contribution in [2.75, 3.05) is 6.54 Å². The summed E-state index contributed by atoms with van der Waals surface area (Å²) in [6.07, 6.45) is 3.25. The molecule has 4 atom stereocenters. The maximum absolute atomic E-state index is 13.9. The Morgan fingerprint density at radius 3 is 2.33 bits per heavy atom. The SMILES string of the molecule is CC(=O)NCC(=O)N1[C@@H]2CC[C@H]1C[C@H]([C@H](N)Cc1cc(F)c(F)cc1F)C2. The van der Waals surface area contributed by atoms with Gasteiger partial charge in [0.1, 0.15) is 5.82 Å². The Morgan fingerprint density at radius 1 is 1.15 bits per heavy atom. The number of rotatable bonds is 5. The van der Waals surface area contributed by atoms with Gasteiger partial charge in [0.2, 0.25) is 11.8 Å². The predicted octanol–water partition coefficient (Wildman–Crippen LogP) is 1.88. The van der Waals surface area contributed by atoms with Gasteiger partial charge in [-0.3, -0.25) is 9.59 Å². The van der Waals surface area contributed by atoms with Gasteiger partial charge in [0, 0.05) is 31.1 Å². The van der Waals surface area contributed by atoms with E-state index in [1.165, 1.54) is 6.92 Å². The maximum Gasteiger partial charge on any atom is 0.242 e. The van der Waals surface area contributed by atoms with Crippen LogP contribution in [0.5, 0.6) is 0 Å². The quantitative estimate of drug-likeness (QED) is 0.763. The number of halogens is 3. The third-order valence-electron chi connectivity index (χ3n) is 5.70. The van der Waals surface area contributed by atoms with Crippen molar-refractivity contribution in [1.82, 2.24) is 10.2 Å². The van der Waals surface area contributed by atoms with E-state index in [0.717, 1.165) is 18.9 Å². The van der Waals surface area contributed by atoms with Crippen LogP contribution in [0.25, 0.3) is 0 Å². The van der Waals surface area contributed by atoms with Gasteiger partial charge in [-0.05, 0) is 49.7 Å². The summed E-state index contributed by atoms with van der Waals surface area (Å²) in [6.45, 7) is 1.35. The summed E-state index contributed by atoms with van der Waals surface area (Å²) in [4.78, 5) is 25.3. The topological polar surface area (TPSA) is 75.4 Å². The van der Waals surface area contributed by atoms with Crippen LogP contribution < -0.4 is 11.1 Å². The highest BCUT2D eigenvalue weighted by Crippen LogP contribution is 2.40. The number of amides is 2. The first-order valence-electron chi connectivity index (χ1n) is 9.20. The molecular formula is C19H24F3N3O2. The molecule has 2 aliphatic heterocycles. The second-order valence-electron chi connectivity index (χ2n) is 7.55. The number of benzene rings is 1. The number of nitrogens with two attached hydrogens (primary N) is 1. The minimum atomic E-state index is -1.21. The lowest BCUT2D eigenvalue weighted by Gasteiger charge is -2.41. The standard InChI is InChI=1S/C19H24F3N3O2/c1-10(26)24-9-19(27)25-13-2-3-14(25)5-12(4-13)18(23)7-11-6-16(21)17(22)8-15(11)20/h6,8,12-14,18H,2-5,7,9,23H2,1H3,(H,24,26)/t12-,13-,14+,18-/m1/s1. The van der Waals surface area contributed by atoms with Crippen LogP contribution in [0.2, 0.25) is 0 Å². The summed E-state index contributed by atoms with van der Waals surface area (Å²) < 4.78 is 40.4. The van der Waals surface area contributed by atoms with Gasteiger partial charge in [-0.1, -0.05) is 0 Å². The second-order valence-corrected chi connectivity index (χ2v) is 7.55. The van der Waals surface area contributed by atoms with Crippen LogP contribution in [0.15, 0.2) is 12.1 Å². The molecule has 8 heteroatoms. The van der Waals surface area contributed by atoms with Gasteiger partial charge >= 0.3 is 0 Å². The number of nitrogens with one attached hydrogen (secondary N) is 1. The average molecular weight is 383 g/mol. The van der Waals surface area contributed by atoms with Gasteiger partial charge in [0.15, 0.2) is 11.6 Å². The molecule has 0 saturated carbocycles. The van der Waals surface area contributed by atoms with Crippen LogP contribution in [-0.2, 0) is 16.0 Å². The fraction of sp³-hybridized carbons (Fsp3) is 0.579. The Morgan fingerprint density at radius 2 is 1.74 bits per heavy atom. The van der Waals surface area contributed by atoms with Crippen LogP contribution in [-0.4, -0.2) is 41.4 Å². The Kier molecular flexibility index (Phi) is 5.74. The second kappa shape index (κ2) is 7.88. The van der Waals surface area contributed by atoms with Gasteiger partial charge in [-0.15, -0.1) is 0 Å². The molecule has 2 bridgehead atoms.